The van der Waals surface area contributed by atoms with Crippen LogP contribution in [0.1, 0.15) is 11.4 Å². The maximum absolute atomic E-state index is 4.68. The highest BCUT2D eigenvalue weighted by atomic mass is 32.2. The molecule has 2 aromatic rings. The van der Waals surface area contributed by atoms with E-state index in [0.29, 0.717) is 11.9 Å². The predicted octanol–water partition coefficient (Wildman–Crippen LogP) is 1.98. The molecule has 0 aliphatic carbocycles. The Kier molecular flexibility index (Phi) is 3.32. The molecule has 18 heavy (non-hydrogen) atoms. The first-order chi connectivity index (χ1) is 8.92. The molecule has 1 aliphatic heterocycles. The molecule has 2 heterocycles. The normalized spacial score (nSPS) is 18.7. The van der Waals surface area contributed by atoms with Crippen molar-refractivity contribution in [3.63, 3.8) is 0 Å². The van der Waals surface area contributed by atoms with Crippen LogP contribution in [0.15, 0.2) is 48.0 Å². The molecule has 0 amide bonds. The first kappa shape index (κ1) is 11.3. The standard InChI is InChI=1S/C13H12N4S/c1-2-4-10(5-3-1)6-11-7-18-13(17-11)12-15-8-14-9-16-12/h1-5,8-9,11H,6-7H2. The van der Waals surface area contributed by atoms with E-state index < -0.39 is 0 Å². The Labute approximate surface area is 110 Å². The van der Waals surface area contributed by atoms with E-state index in [4.69, 9.17) is 0 Å². The number of hydrogen-bond acceptors (Lipinski definition) is 5. The Hall–Kier alpha value is -1.75. The Balaban J connectivity index is 1.73. The fraction of sp³-hybridized carbons (Fsp3) is 0.231. The number of thioether (sulfide) groups is 1. The van der Waals surface area contributed by atoms with E-state index >= 15 is 0 Å². The van der Waals surface area contributed by atoms with Gasteiger partial charge in [0.1, 0.15) is 17.7 Å². The van der Waals surface area contributed by atoms with Crippen molar-refractivity contribution in [2.24, 2.45) is 4.99 Å². The van der Waals surface area contributed by atoms with Crippen LogP contribution in [-0.2, 0) is 6.42 Å². The molecule has 1 aromatic heterocycles. The zero-order valence-electron chi connectivity index (χ0n) is 9.73. The van der Waals surface area contributed by atoms with Gasteiger partial charge in [-0.15, -0.1) is 11.8 Å². The Morgan fingerprint density at radius 3 is 2.67 bits per heavy atom. The van der Waals surface area contributed by atoms with Crippen molar-refractivity contribution in [2.45, 2.75) is 12.5 Å². The number of benzene rings is 1. The number of nitrogens with zero attached hydrogens (tertiary/aromatic N) is 4. The summed E-state index contributed by atoms with van der Waals surface area (Å²) in [5, 5.41) is 0.929. The van der Waals surface area contributed by atoms with Gasteiger partial charge in [-0.3, -0.25) is 4.99 Å². The van der Waals surface area contributed by atoms with Crippen LogP contribution in [0, 0.1) is 0 Å². The molecular formula is C13H12N4S. The van der Waals surface area contributed by atoms with E-state index in [1.165, 1.54) is 18.2 Å². The summed E-state index contributed by atoms with van der Waals surface area (Å²) in [6.07, 6.45) is 3.99. The molecule has 0 fully saturated rings. The topological polar surface area (TPSA) is 51.0 Å². The highest BCUT2D eigenvalue weighted by molar-refractivity contribution is 8.14. The van der Waals surface area contributed by atoms with E-state index in [1.54, 1.807) is 11.8 Å². The molecule has 1 atom stereocenters. The zero-order valence-corrected chi connectivity index (χ0v) is 10.5. The second kappa shape index (κ2) is 5.27. The molecule has 4 nitrogen and oxygen atoms in total. The van der Waals surface area contributed by atoms with Gasteiger partial charge in [0.25, 0.3) is 0 Å². The van der Waals surface area contributed by atoms with Gasteiger partial charge in [-0.2, -0.15) is 0 Å². The lowest BCUT2D eigenvalue weighted by Gasteiger charge is -2.04. The molecule has 1 aromatic carbocycles. The average Bonchev–Trinajstić information content (AvgIpc) is 2.89. The quantitative estimate of drug-likeness (QED) is 0.842. The van der Waals surface area contributed by atoms with Crippen molar-refractivity contribution in [2.75, 3.05) is 5.75 Å². The fourth-order valence-corrected chi connectivity index (χ4v) is 2.88. The van der Waals surface area contributed by atoms with Gasteiger partial charge in [-0.1, -0.05) is 30.3 Å². The summed E-state index contributed by atoms with van der Waals surface area (Å²) in [5.41, 5.74) is 1.32. The van der Waals surface area contributed by atoms with Crippen molar-refractivity contribution < 1.29 is 0 Å². The number of aliphatic imine (C=N–C) groups is 1. The van der Waals surface area contributed by atoms with Crippen LogP contribution >= 0.6 is 11.8 Å². The van der Waals surface area contributed by atoms with Crippen LogP contribution in [0.3, 0.4) is 0 Å². The first-order valence-electron chi connectivity index (χ1n) is 5.79. The summed E-state index contributed by atoms with van der Waals surface area (Å²) in [5.74, 6) is 1.68. The molecule has 0 radical (unpaired) electrons. The third-order valence-corrected chi connectivity index (χ3v) is 3.82. The summed E-state index contributed by atoms with van der Waals surface area (Å²) < 4.78 is 0. The number of rotatable bonds is 3. The monoisotopic (exact) mass is 256 g/mol. The maximum atomic E-state index is 4.68. The molecule has 0 spiro atoms. The molecule has 0 bridgehead atoms. The maximum Gasteiger partial charge on any atom is 0.187 e. The summed E-state index contributed by atoms with van der Waals surface area (Å²) in [7, 11) is 0. The second-order valence-electron chi connectivity index (χ2n) is 4.05. The molecule has 0 N–H and O–H groups in total. The summed E-state index contributed by atoms with van der Waals surface area (Å²) in [6.45, 7) is 0. The van der Waals surface area contributed by atoms with Crippen LogP contribution in [0.25, 0.3) is 0 Å². The lowest BCUT2D eigenvalue weighted by molar-refractivity contribution is 0.762. The van der Waals surface area contributed by atoms with Crippen molar-refractivity contribution in [1.82, 2.24) is 15.0 Å². The predicted molar refractivity (Wildman–Crippen MR) is 72.8 cm³/mol. The van der Waals surface area contributed by atoms with E-state index in [1.807, 2.05) is 6.07 Å². The van der Waals surface area contributed by atoms with Crippen LogP contribution in [0.5, 0.6) is 0 Å². The van der Waals surface area contributed by atoms with Gasteiger partial charge in [0.15, 0.2) is 5.82 Å². The van der Waals surface area contributed by atoms with Gasteiger partial charge < -0.3 is 0 Å². The van der Waals surface area contributed by atoms with Gasteiger partial charge in [0.05, 0.1) is 6.04 Å². The molecule has 1 unspecified atom stereocenters. The molecule has 5 heteroatoms. The van der Waals surface area contributed by atoms with E-state index in [0.717, 1.165) is 17.2 Å². The minimum Gasteiger partial charge on any atom is -0.270 e. The highest BCUT2D eigenvalue weighted by Crippen LogP contribution is 2.23. The summed E-state index contributed by atoms with van der Waals surface area (Å²) in [6, 6.07) is 10.8. The van der Waals surface area contributed by atoms with Gasteiger partial charge >= 0.3 is 0 Å². The zero-order chi connectivity index (χ0) is 12.2. The van der Waals surface area contributed by atoms with Crippen LogP contribution in [-0.4, -0.2) is 31.8 Å². The van der Waals surface area contributed by atoms with Crippen LogP contribution in [0.2, 0.25) is 0 Å². The lowest BCUT2D eigenvalue weighted by atomic mass is 10.1. The molecule has 0 saturated carbocycles. The first-order valence-corrected chi connectivity index (χ1v) is 6.77. The molecule has 0 saturated heterocycles. The summed E-state index contributed by atoms with van der Waals surface area (Å²) in [4.78, 5) is 16.8. The minimum atomic E-state index is 0.323. The largest absolute Gasteiger partial charge is 0.270 e. The van der Waals surface area contributed by atoms with E-state index in [2.05, 4.69) is 44.2 Å². The number of aromatic nitrogens is 3. The second-order valence-corrected chi connectivity index (χ2v) is 5.06. The molecule has 90 valence electrons. The molecule has 3 rings (SSSR count). The van der Waals surface area contributed by atoms with Gasteiger partial charge in [-0.25, -0.2) is 15.0 Å². The Bertz CT molecular complexity index is 541. The van der Waals surface area contributed by atoms with E-state index in [-0.39, 0.29) is 0 Å². The smallest absolute Gasteiger partial charge is 0.187 e. The Morgan fingerprint density at radius 2 is 1.89 bits per heavy atom. The van der Waals surface area contributed by atoms with Gasteiger partial charge in [0.2, 0.25) is 0 Å². The SMILES string of the molecule is c1ccc(CC2CSC(c3ncncn3)=N2)cc1. The summed E-state index contributed by atoms with van der Waals surface area (Å²) >= 11 is 1.72. The van der Waals surface area contributed by atoms with Crippen molar-refractivity contribution in [1.29, 1.82) is 0 Å². The van der Waals surface area contributed by atoms with Crippen molar-refractivity contribution in [3.8, 4) is 0 Å². The third kappa shape index (κ3) is 2.56. The average molecular weight is 256 g/mol. The van der Waals surface area contributed by atoms with Crippen molar-refractivity contribution in [3.05, 3.63) is 54.4 Å². The molecular weight excluding hydrogens is 244 g/mol. The Morgan fingerprint density at radius 1 is 1.11 bits per heavy atom. The van der Waals surface area contributed by atoms with Gasteiger partial charge in [0, 0.05) is 5.75 Å². The fourth-order valence-electron chi connectivity index (χ4n) is 1.88. The number of hydrogen-bond donors (Lipinski definition) is 0. The highest BCUT2D eigenvalue weighted by Gasteiger charge is 2.21. The minimum absolute atomic E-state index is 0.323. The lowest BCUT2D eigenvalue weighted by Crippen LogP contribution is -2.07. The van der Waals surface area contributed by atoms with Gasteiger partial charge in [-0.05, 0) is 12.0 Å². The van der Waals surface area contributed by atoms with Crippen LogP contribution in [0.4, 0.5) is 0 Å². The third-order valence-electron chi connectivity index (χ3n) is 2.71. The van der Waals surface area contributed by atoms with Crippen molar-refractivity contribution >= 4 is 16.8 Å². The molecule has 1 aliphatic rings. The van der Waals surface area contributed by atoms with Crippen LogP contribution < -0.4 is 0 Å². The van der Waals surface area contributed by atoms with E-state index in [9.17, 15) is 0 Å².